The van der Waals surface area contributed by atoms with E-state index in [2.05, 4.69) is 32.3 Å². The van der Waals surface area contributed by atoms with E-state index in [0.717, 1.165) is 4.47 Å². The van der Waals surface area contributed by atoms with Crippen molar-refractivity contribution in [3.63, 3.8) is 0 Å². The van der Waals surface area contributed by atoms with Gasteiger partial charge < -0.3 is 15.5 Å². The van der Waals surface area contributed by atoms with Gasteiger partial charge in [0.25, 0.3) is 5.91 Å². The zero-order valence-electron chi connectivity index (χ0n) is 10.9. The van der Waals surface area contributed by atoms with Crippen LogP contribution in [0.3, 0.4) is 0 Å². The molecule has 1 aromatic heterocycles. The number of rotatable bonds is 3. The number of hydrogen-bond donors (Lipinski definition) is 2. The second-order valence-corrected chi connectivity index (χ2v) is 5.74. The van der Waals surface area contributed by atoms with E-state index in [1.807, 2.05) is 12.1 Å². The van der Waals surface area contributed by atoms with E-state index < -0.39 is 11.4 Å². The highest BCUT2D eigenvalue weighted by Gasteiger charge is 2.44. The third-order valence-corrected chi connectivity index (χ3v) is 3.88. The maximum Gasteiger partial charge on any atom is 0.268 e. The molecule has 0 saturated heterocycles. The van der Waals surface area contributed by atoms with Gasteiger partial charge in [-0.15, -0.1) is 0 Å². The summed E-state index contributed by atoms with van der Waals surface area (Å²) in [5.41, 5.74) is 6.19. The maximum absolute atomic E-state index is 11.9. The summed E-state index contributed by atoms with van der Waals surface area (Å²) in [6.45, 7) is 0. The van der Waals surface area contributed by atoms with Gasteiger partial charge in [0, 0.05) is 10.5 Å². The second-order valence-electron chi connectivity index (χ2n) is 4.89. The highest BCUT2D eigenvalue weighted by molar-refractivity contribution is 9.10. The van der Waals surface area contributed by atoms with Crippen LogP contribution in [0, 0.1) is 11.3 Å². The lowest BCUT2D eigenvalue weighted by Gasteiger charge is -2.08. The van der Waals surface area contributed by atoms with Crippen LogP contribution in [-0.4, -0.2) is 16.4 Å². The van der Waals surface area contributed by atoms with E-state index >= 15 is 0 Å². The van der Waals surface area contributed by atoms with Crippen molar-refractivity contribution in [3.8, 4) is 6.07 Å². The Labute approximate surface area is 128 Å². The summed E-state index contributed by atoms with van der Waals surface area (Å²) < 4.78 is 6.30. The molecule has 1 amide bonds. The molecule has 0 radical (unpaired) electrons. The Bertz CT molecular complexity index is 799. The SMILES string of the molecule is N#CC1(NC(=O)/C(N)=C/c2nc3c(Br)cccc3o2)CC1. The van der Waals surface area contributed by atoms with Crippen molar-refractivity contribution >= 4 is 39.0 Å². The molecule has 1 aliphatic rings. The number of para-hydroxylation sites is 1. The number of nitrogens with one attached hydrogen (secondary N) is 1. The fraction of sp³-hybridized carbons (Fsp3) is 0.214. The van der Waals surface area contributed by atoms with Crippen LogP contribution in [0.25, 0.3) is 17.2 Å². The van der Waals surface area contributed by atoms with Crippen molar-refractivity contribution in [2.45, 2.75) is 18.4 Å². The summed E-state index contributed by atoms with van der Waals surface area (Å²) >= 11 is 3.37. The minimum atomic E-state index is -0.750. The van der Waals surface area contributed by atoms with E-state index in [-0.39, 0.29) is 11.6 Å². The molecule has 1 saturated carbocycles. The number of nitrogens with two attached hydrogens (primary N) is 1. The molecule has 1 aromatic carbocycles. The van der Waals surface area contributed by atoms with Crippen LogP contribution in [0.1, 0.15) is 18.7 Å². The fourth-order valence-corrected chi connectivity index (χ4v) is 2.31. The van der Waals surface area contributed by atoms with Crippen molar-refractivity contribution < 1.29 is 9.21 Å². The van der Waals surface area contributed by atoms with Gasteiger partial charge in [0.15, 0.2) is 5.58 Å². The first-order valence-electron chi connectivity index (χ1n) is 6.29. The monoisotopic (exact) mass is 346 g/mol. The number of nitriles is 1. The van der Waals surface area contributed by atoms with Crippen LogP contribution in [0.5, 0.6) is 0 Å². The summed E-state index contributed by atoms with van der Waals surface area (Å²) in [7, 11) is 0. The van der Waals surface area contributed by atoms with Crippen LogP contribution in [0.2, 0.25) is 0 Å². The van der Waals surface area contributed by atoms with E-state index in [4.69, 9.17) is 15.4 Å². The molecule has 0 unspecified atom stereocenters. The van der Waals surface area contributed by atoms with Gasteiger partial charge in [0.05, 0.1) is 6.07 Å². The third kappa shape index (κ3) is 2.62. The van der Waals surface area contributed by atoms with Crippen molar-refractivity contribution in [2.24, 2.45) is 5.73 Å². The molecule has 3 N–H and O–H groups in total. The first-order valence-corrected chi connectivity index (χ1v) is 7.08. The Morgan fingerprint density at radius 2 is 2.33 bits per heavy atom. The van der Waals surface area contributed by atoms with Gasteiger partial charge in [-0.1, -0.05) is 6.07 Å². The lowest BCUT2D eigenvalue weighted by Crippen LogP contribution is -2.38. The van der Waals surface area contributed by atoms with Crippen LogP contribution in [0.4, 0.5) is 0 Å². The number of aromatic nitrogens is 1. The number of halogens is 1. The minimum Gasteiger partial charge on any atom is -0.437 e. The Morgan fingerprint density at radius 3 is 2.95 bits per heavy atom. The lowest BCUT2D eigenvalue weighted by atomic mass is 10.3. The Morgan fingerprint density at radius 1 is 1.57 bits per heavy atom. The van der Waals surface area contributed by atoms with Crippen molar-refractivity contribution in [1.82, 2.24) is 10.3 Å². The molecule has 1 fully saturated rings. The van der Waals surface area contributed by atoms with Crippen LogP contribution in [-0.2, 0) is 4.79 Å². The standard InChI is InChI=1S/C14H11BrN4O2/c15-8-2-1-3-10-12(8)18-11(21-10)6-9(17)13(20)19-14(7-16)4-5-14/h1-3,6H,4-5,17H2,(H,19,20)/b9-6-. The first-order chi connectivity index (χ1) is 10.0. The summed E-state index contributed by atoms with van der Waals surface area (Å²) in [4.78, 5) is 16.2. The maximum atomic E-state index is 11.9. The molecule has 2 aromatic rings. The van der Waals surface area contributed by atoms with Gasteiger partial charge in [-0.2, -0.15) is 5.26 Å². The van der Waals surface area contributed by atoms with E-state index in [1.54, 1.807) is 6.07 Å². The van der Waals surface area contributed by atoms with Gasteiger partial charge in [-0.05, 0) is 40.9 Å². The molecular weight excluding hydrogens is 336 g/mol. The number of hydrogen-bond acceptors (Lipinski definition) is 5. The molecule has 3 rings (SSSR count). The molecule has 106 valence electrons. The molecule has 6 nitrogen and oxygen atoms in total. The molecule has 0 atom stereocenters. The Hall–Kier alpha value is -2.33. The number of oxazole rings is 1. The Balaban J connectivity index is 1.84. The van der Waals surface area contributed by atoms with Gasteiger partial charge in [0.2, 0.25) is 5.89 Å². The quantitative estimate of drug-likeness (QED) is 0.827. The number of carbonyl (C=O) groups is 1. The number of fused-ring (bicyclic) bond motifs is 1. The molecule has 0 aliphatic heterocycles. The predicted octanol–water partition coefficient (Wildman–Crippen LogP) is 2.06. The predicted molar refractivity (Wildman–Crippen MR) is 79.6 cm³/mol. The van der Waals surface area contributed by atoms with Crippen molar-refractivity contribution in [3.05, 3.63) is 34.3 Å². The van der Waals surface area contributed by atoms with Gasteiger partial charge in [0.1, 0.15) is 16.8 Å². The van der Waals surface area contributed by atoms with Gasteiger partial charge >= 0.3 is 0 Å². The van der Waals surface area contributed by atoms with E-state index in [1.165, 1.54) is 6.08 Å². The zero-order valence-corrected chi connectivity index (χ0v) is 12.5. The van der Waals surface area contributed by atoms with Gasteiger partial charge in [-0.25, -0.2) is 4.98 Å². The summed E-state index contributed by atoms with van der Waals surface area (Å²) in [6, 6.07) is 7.51. The number of nitrogens with zero attached hydrogens (tertiary/aromatic N) is 2. The van der Waals surface area contributed by atoms with Crippen LogP contribution < -0.4 is 11.1 Å². The number of benzene rings is 1. The minimum absolute atomic E-state index is 0.0424. The lowest BCUT2D eigenvalue weighted by molar-refractivity contribution is -0.118. The van der Waals surface area contributed by atoms with Crippen LogP contribution in [0.15, 0.2) is 32.8 Å². The van der Waals surface area contributed by atoms with Crippen molar-refractivity contribution in [1.29, 1.82) is 5.26 Å². The second kappa shape index (κ2) is 4.90. The third-order valence-electron chi connectivity index (χ3n) is 3.24. The average Bonchev–Trinajstić information content (AvgIpc) is 3.10. The van der Waals surface area contributed by atoms with Gasteiger partial charge in [-0.3, -0.25) is 4.79 Å². The first kappa shape index (κ1) is 13.6. The number of amides is 1. The van der Waals surface area contributed by atoms with Crippen molar-refractivity contribution in [2.75, 3.05) is 0 Å². The summed E-state index contributed by atoms with van der Waals surface area (Å²) in [5, 5.41) is 11.6. The molecule has 0 spiro atoms. The Kier molecular flexibility index (Phi) is 3.18. The topological polar surface area (TPSA) is 105 Å². The smallest absolute Gasteiger partial charge is 0.268 e. The normalized spacial score (nSPS) is 16.5. The molecule has 0 bridgehead atoms. The van der Waals surface area contributed by atoms with Crippen LogP contribution >= 0.6 is 15.9 Å². The highest BCUT2D eigenvalue weighted by atomic mass is 79.9. The zero-order chi connectivity index (χ0) is 15.0. The van der Waals surface area contributed by atoms with E-state index in [9.17, 15) is 4.79 Å². The molecule has 1 heterocycles. The molecule has 21 heavy (non-hydrogen) atoms. The summed E-state index contributed by atoms with van der Waals surface area (Å²) in [5.74, 6) is -0.248. The highest BCUT2D eigenvalue weighted by Crippen LogP contribution is 2.34. The largest absolute Gasteiger partial charge is 0.437 e. The number of carbonyl (C=O) groups excluding carboxylic acids is 1. The van der Waals surface area contributed by atoms with E-state index in [0.29, 0.717) is 23.9 Å². The average molecular weight is 347 g/mol. The molecule has 1 aliphatic carbocycles. The summed E-state index contributed by atoms with van der Waals surface area (Å²) in [6.07, 6.45) is 2.66. The molecular formula is C14H11BrN4O2. The fourth-order valence-electron chi connectivity index (χ4n) is 1.87. The molecule has 7 heteroatoms.